The van der Waals surface area contributed by atoms with Crippen molar-refractivity contribution in [3.63, 3.8) is 0 Å². The molecule has 0 spiro atoms. The molecule has 0 unspecified atom stereocenters. The summed E-state index contributed by atoms with van der Waals surface area (Å²) in [4.78, 5) is 12.4. The molecule has 1 aromatic carbocycles. The summed E-state index contributed by atoms with van der Waals surface area (Å²) in [5, 5.41) is 4.75. The Kier molecular flexibility index (Phi) is 5.20. The summed E-state index contributed by atoms with van der Waals surface area (Å²) >= 11 is 1.15. The number of rotatable bonds is 5. The van der Waals surface area contributed by atoms with Crippen molar-refractivity contribution in [3.8, 4) is 0 Å². The summed E-state index contributed by atoms with van der Waals surface area (Å²) in [7, 11) is -3.60. The van der Waals surface area contributed by atoms with Gasteiger partial charge in [-0.1, -0.05) is 31.4 Å². The Balaban J connectivity index is 1.70. The zero-order chi connectivity index (χ0) is 17.0. The molecule has 0 atom stereocenters. The Hall–Kier alpha value is -1.86. The highest BCUT2D eigenvalue weighted by Crippen LogP contribution is 2.21. The Morgan fingerprint density at radius 3 is 2.58 bits per heavy atom. The van der Waals surface area contributed by atoms with Gasteiger partial charge < -0.3 is 5.32 Å². The van der Waals surface area contributed by atoms with E-state index in [9.17, 15) is 13.2 Å². The number of benzene rings is 1. The van der Waals surface area contributed by atoms with Crippen LogP contribution in [0.5, 0.6) is 0 Å². The fourth-order valence-electron chi connectivity index (χ4n) is 2.86. The molecule has 1 aliphatic carbocycles. The van der Waals surface area contributed by atoms with Crippen LogP contribution in [0.3, 0.4) is 0 Å². The van der Waals surface area contributed by atoms with E-state index in [1.807, 2.05) is 0 Å². The predicted molar refractivity (Wildman–Crippen MR) is 95.9 cm³/mol. The van der Waals surface area contributed by atoms with Gasteiger partial charge in [0.25, 0.3) is 15.9 Å². The largest absolute Gasteiger partial charge is 0.349 e. The van der Waals surface area contributed by atoms with E-state index in [1.165, 1.54) is 6.42 Å². The van der Waals surface area contributed by atoms with Crippen molar-refractivity contribution in [2.24, 2.45) is 0 Å². The zero-order valence-corrected chi connectivity index (χ0v) is 14.8. The second kappa shape index (κ2) is 7.36. The fraction of sp³-hybridized carbons (Fsp3) is 0.353. The number of hydrogen-bond acceptors (Lipinski definition) is 4. The normalized spacial score (nSPS) is 15.8. The van der Waals surface area contributed by atoms with Gasteiger partial charge in [0.15, 0.2) is 0 Å². The van der Waals surface area contributed by atoms with E-state index in [2.05, 4.69) is 10.0 Å². The third-order valence-electron chi connectivity index (χ3n) is 4.08. The quantitative estimate of drug-likeness (QED) is 0.851. The summed E-state index contributed by atoms with van der Waals surface area (Å²) in [6, 6.07) is 10.0. The third-order valence-corrected chi connectivity index (χ3v) is 6.86. The molecule has 1 aliphatic rings. The van der Waals surface area contributed by atoms with Crippen LogP contribution in [0.1, 0.15) is 42.5 Å². The Labute approximate surface area is 146 Å². The van der Waals surface area contributed by atoms with Crippen LogP contribution < -0.4 is 10.0 Å². The third kappa shape index (κ3) is 4.15. The molecule has 128 valence electrons. The minimum absolute atomic E-state index is 0.154. The number of sulfonamides is 1. The first kappa shape index (κ1) is 17.0. The van der Waals surface area contributed by atoms with E-state index in [1.54, 1.807) is 41.8 Å². The van der Waals surface area contributed by atoms with Crippen LogP contribution in [-0.4, -0.2) is 20.4 Å². The lowest BCUT2D eigenvalue weighted by atomic mass is 9.95. The van der Waals surface area contributed by atoms with Crippen LogP contribution in [-0.2, 0) is 10.0 Å². The van der Waals surface area contributed by atoms with E-state index < -0.39 is 10.0 Å². The second-order valence-electron chi connectivity index (χ2n) is 5.93. The number of hydrogen-bond donors (Lipinski definition) is 2. The SMILES string of the molecule is O=C(NC1CCCCC1)c1cccc(NS(=O)(=O)c2cccs2)c1. The Morgan fingerprint density at radius 1 is 1.08 bits per heavy atom. The number of anilines is 1. The average Bonchev–Trinajstić information content (AvgIpc) is 3.11. The average molecular weight is 364 g/mol. The minimum atomic E-state index is -3.60. The number of carbonyl (C=O) groups excluding carboxylic acids is 1. The molecule has 1 heterocycles. The van der Waals surface area contributed by atoms with Gasteiger partial charge in [0.1, 0.15) is 4.21 Å². The van der Waals surface area contributed by atoms with Crippen LogP contribution in [0.25, 0.3) is 0 Å². The molecule has 1 aromatic heterocycles. The van der Waals surface area contributed by atoms with Crippen molar-refractivity contribution >= 4 is 33.0 Å². The first-order valence-electron chi connectivity index (χ1n) is 8.02. The highest BCUT2D eigenvalue weighted by atomic mass is 32.2. The highest BCUT2D eigenvalue weighted by molar-refractivity contribution is 7.94. The van der Waals surface area contributed by atoms with Gasteiger partial charge in [-0.2, -0.15) is 0 Å². The molecule has 0 saturated heterocycles. The summed E-state index contributed by atoms with van der Waals surface area (Å²) in [5.74, 6) is -0.154. The fourth-order valence-corrected chi connectivity index (χ4v) is 4.90. The predicted octanol–water partition coefficient (Wildman–Crippen LogP) is 3.61. The molecule has 24 heavy (non-hydrogen) atoms. The van der Waals surface area contributed by atoms with E-state index in [0.29, 0.717) is 11.3 Å². The second-order valence-corrected chi connectivity index (χ2v) is 8.78. The first-order chi connectivity index (χ1) is 11.5. The molecule has 1 fully saturated rings. The van der Waals surface area contributed by atoms with Crippen molar-refractivity contribution in [3.05, 3.63) is 47.3 Å². The van der Waals surface area contributed by atoms with Gasteiger partial charge in [0.05, 0.1) is 0 Å². The maximum atomic E-state index is 12.4. The number of thiophene rings is 1. The number of nitrogens with one attached hydrogen (secondary N) is 2. The van der Waals surface area contributed by atoms with Crippen molar-refractivity contribution in [1.82, 2.24) is 5.32 Å². The molecule has 0 radical (unpaired) electrons. The molecular formula is C17H20N2O3S2. The molecule has 2 aromatic rings. The van der Waals surface area contributed by atoms with Gasteiger partial charge in [-0.3, -0.25) is 9.52 Å². The molecule has 0 bridgehead atoms. The van der Waals surface area contributed by atoms with Crippen molar-refractivity contribution in [2.45, 2.75) is 42.4 Å². The van der Waals surface area contributed by atoms with Crippen LogP contribution >= 0.6 is 11.3 Å². The van der Waals surface area contributed by atoms with Gasteiger partial charge in [-0.25, -0.2) is 8.42 Å². The van der Waals surface area contributed by atoms with E-state index >= 15 is 0 Å². The Morgan fingerprint density at radius 2 is 1.88 bits per heavy atom. The van der Waals surface area contributed by atoms with E-state index in [-0.39, 0.29) is 16.2 Å². The first-order valence-corrected chi connectivity index (χ1v) is 10.4. The summed E-state index contributed by atoms with van der Waals surface area (Å²) in [6.07, 6.45) is 5.54. The standard InChI is InChI=1S/C17H20N2O3S2/c20-17(18-14-7-2-1-3-8-14)13-6-4-9-15(12-13)19-24(21,22)16-10-5-11-23-16/h4-6,9-12,14,19H,1-3,7-8H2,(H,18,20). The highest BCUT2D eigenvalue weighted by Gasteiger charge is 2.18. The number of carbonyl (C=O) groups is 1. The summed E-state index contributed by atoms with van der Waals surface area (Å²) in [6.45, 7) is 0. The van der Waals surface area contributed by atoms with Gasteiger partial charge in [-0.05, 0) is 42.5 Å². The molecule has 0 aliphatic heterocycles. The monoisotopic (exact) mass is 364 g/mol. The van der Waals surface area contributed by atoms with E-state index in [0.717, 1.165) is 37.0 Å². The minimum Gasteiger partial charge on any atom is -0.349 e. The summed E-state index contributed by atoms with van der Waals surface area (Å²) in [5.41, 5.74) is 0.853. The molecule has 1 saturated carbocycles. The lowest BCUT2D eigenvalue weighted by molar-refractivity contribution is 0.0927. The van der Waals surface area contributed by atoms with Crippen LogP contribution in [0.15, 0.2) is 46.0 Å². The maximum Gasteiger partial charge on any atom is 0.271 e. The smallest absolute Gasteiger partial charge is 0.271 e. The van der Waals surface area contributed by atoms with Crippen LogP contribution in [0.2, 0.25) is 0 Å². The van der Waals surface area contributed by atoms with Gasteiger partial charge >= 0.3 is 0 Å². The van der Waals surface area contributed by atoms with Crippen molar-refractivity contribution in [2.75, 3.05) is 4.72 Å². The zero-order valence-electron chi connectivity index (χ0n) is 13.2. The van der Waals surface area contributed by atoms with Gasteiger partial charge in [-0.15, -0.1) is 11.3 Å². The molecule has 7 heteroatoms. The molecule has 1 amide bonds. The van der Waals surface area contributed by atoms with E-state index in [4.69, 9.17) is 0 Å². The summed E-state index contributed by atoms with van der Waals surface area (Å²) < 4.78 is 27.3. The van der Waals surface area contributed by atoms with Crippen molar-refractivity contribution < 1.29 is 13.2 Å². The van der Waals surface area contributed by atoms with Gasteiger partial charge in [0.2, 0.25) is 0 Å². The molecule has 3 rings (SSSR count). The van der Waals surface area contributed by atoms with Crippen molar-refractivity contribution in [1.29, 1.82) is 0 Å². The van der Waals surface area contributed by atoms with Gasteiger partial charge in [0, 0.05) is 17.3 Å². The lowest BCUT2D eigenvalue weighted by Crippen LogP contribution is -2.36. The maximum absolute atomic E-state index is 12.4. The van der Waals surface area contributed by atoms with Crippen LogP contribution in [0, 0.1) is 0 Å². The molecule has 5 nitrogen and oxygen atoms in total. The Bertz CT molecular complexity index is 795. The van der Waals surface area contributed by atoms with Crippen LogP contribution in [0.4, 0.5) is 5.69 Å². The topological polar surface area (TPSA) is 75.3 Å². The lowest BCUT2D eigenvalue weighted by Gasteiger charge is -2.22. The molecular weight excluding hydrogens is 344 g/mol. The molecule has 2 N–H and O–H groups in total. The number of amides is 1.